The standard InChI is InChI=1S/C31H29FN4O4/c32-24-9-11-25(12-10-24)34-31(39)36(26-4-2-1-3-5-26)27-16-18-35(19-17-27)21-22-6-15-29(33-20-22)40-28-13-7-23(8-14-28)30(37)38/h1-15,20,27H,16-19,21H2,(H,34,39)(H,37,38). The van der Waals surface area contributed by atoms with Gasteiger partial charge >= 0.3 is 12.0 Å². The molecule has 5 rings (SSSR count). The van der Waals surface area contributed by atoms with Gasteiger partial charge in [-0.2, -0.15) is 0 Å². The number of carbonyl (C=O) groups excluding carboxylic acids is 1. The molecule has 0 bridgehead atoms. The van der Waals surface area contributed by atoms with Crippen LogP contribution in [0.5, 0.6) is 11.6 Å². The van der Waals surface area contributed by atoms with Gasteiger partial charge in [0.15, 0.2) is 0 Å². The number of benzene rings is 3. The Hall–Kier alpha value is -4.76. The minimum atomic E-state index is -0.987. The number of halogens is 1. The molecule has 0 unspecified atom stereocenters. The Balaban J connectivity index is 1.18. The van der Waals surface area contributed by atoms with Crippen LogP contribution in [0.25, 0.3) is 0 Å². The van der Waals surface area contributed by atoms with Crippen LogP contribution >= 0.6 is 0 Å². The first-order valence-corrected chi connectivity index (χ1v) is 13.0. The van der Waals surface area contributed by atoms with Crippen molar-refractivity contribution in [2.45, 2.75) is 25.4 Å². The molecule has 1 fully saturated rings. The van der Waals surface area contributed by atoms with Gasteiger partial charge in [-0.1, -0.05) is 24.3 Å². The van der Waals surface area contributed by atoms with E-state index >= 15 is 0 Å². The number of urea groups is 1. The van der Waals surface area contributed by atoms with Gasteiger partial charge in [0.05, 0.1) is 5.56 Å². The Morgan fingerprint density at radius 3 is 2.27 bits per heavy atom. The second-order valence-electron chi connectivity index (χ2n) is 9.59. The predicted molar refractivity (Wildman–Crippen MR) is 150 cm³/mol. The minimum Gasteiger partial charge on any atom is -0.478 e. The molecule has 4 aromatic rings. The van der Waals surface area contributed by atoms with E-state index in [0.29, 0.717) is 17.3 Å². The van der Waals surface area contributed by atoms with E-state index in [1.54, 1.807) is 41.4 Å². The number of ether oxygens (including phenoxy) is 1. The van der Waals surface area contributed by atoms with Crippen molar-refractivity contribution in [1.29, 1.82) is 0 Å². The fourth-order valence-electron chi connectivity index (χ4n) is 4.74. The molecule has 0 aliphatic carbocycles. The van der Waals surface area contributed by atoms with Crippen LogP contribution in [0.4, 0.5) is 20.6 Å². The van der Waals surface area contributed by atoms with Crippen LogP contribution in [0.15, 0.2) is 97.2 Å². The summed E-state index contributed by atoms with van der Waals surface area (Å²) in [5.74, 6) is -0.399. The number of amides is 2. The van der Waals surface area contributed by atoms with Gasteiger partial charge in [0, 0.05) is 49.3 Å². The van der Waals surface area contributed by atoms with E-state index in [9.17, 15) is 14.0 Å². The van der Waals surface area contributed by atoms with Crippen LogP contribution in [0.3, 0.4) is 0 Å². The van der Waals surface area contributed by atoms with Gasteiger partial charge in [0.25, 0.3) is 0 Å². The number of nitrogens with zero attached hydrogens (tertiary/aromatic N) is 3. The number of para-hydroxylation sites is 1. The number of rotatable bonds is 8. The Bertz CT molecular complexity index is 1420. The average molecular weight is 541 g/mol. The third-order valence-electron chi connectivity index (χ3n) is 6.80. The molecule has 2 heterocycles. The van der Waals surface area contributed by atoms with Crippen molar-refractivity contribution in [2.24, 2.45) is 0 Å². The summed E-state index contributed by atoms with van der Waals surface area (Å²) in [4.78, 5) is 32.9. The van der Waals surface area contributed by atoms with Gasteiger partial charge in [0.1, 0.15) is 11.6 Å². The number of anilines is 2. The monoisotopic (exact) mass is 540 g/mol. The molecular formula is C31H29FN4O4. The van der Waals surface area contributed by atoms with Crippen LogP contribution < -0.4 is 15.0 Å². The van der Waals surface area contributed by atoms with Gasteiger partial charge in [-0.15, -0.1) is 0 Å². The highest BCUT2D eigenvalue weighted by atomic mass is 19.1. The van der Waals surface area contributed by atoms with Gasteiger partial charge in [-0.05, 0) is 79.1 Å². The van der Waals surface area contributed by atoms with Crippen molar-refractivity contribution in [2.75, 3.05) is 23.3 Å². The second-order valence-corrected chi connectivity index (χ2v) is 9.59. The van der Waals surface area contributed by atoms with Crippen molar-refractivity contribution in [3.05, 3.63) is 114 Å². The molecule has 3 aromatic carbocycles. The summed E-state index contributed by atoms with van der Waals surface area (Å²) in [5, 5.41) is 11.9. The topological polar surface area (TPSA) is 95.0 Å². The summed E-state index contributed by atoms with van der Waals surface area (Å²) in [6, 6.07) is 25.1. The molecule has 8 nitrogen and oxygen atoms in total. The summed E-state index contributed by atoms with van der Waals surface area (Å²) in [5.41, 5.74) is 2.60. The van der Waals surface area contributed by atoms with E-state index in [0.717, 1.165) is 43.7 Å². The zero-order valence-electron chi connectivity index (χ0n) is 21.7. The Labute approximate surface area is 231 Å². The van der Waals surface area contributed by atoms with Crippen molar-refractivity contribution in [1.82, 2.24) is 9.88 Å². The number of carboxylic acids is 1. The summed E-state index contributed by atoms with van der Waals surface area (Å²) in [7, 11) is 0. The molecule has 1 aliphatic rings. The van der Waals surface area contributed by atoms with E-state index in [-0.39, 0.29) is 23.5 Å². The normalized spacial score (nSPS) is 13.9. The Kier molecular flexibility index (Phi) is 8.32. The molecule has 0 spiro atoms. The fraction of sp³-hybridized carbons (Fsp3) is 0.194. The summed E-state index contributed by atoms with van der Waals surface area (Å²) < 4.78 is 19.1. The highest BCUT2D eigenvalue weighted by Gasteiger charge is 2.29. The smallest absolute Gasteiger partial charge is 0.335 e. The quantitative estimate of drug-likeness (QED) is 0.268. The molecule has 0 saturated carbocycles. The van der Waals surface area contributed by atoms with Gasteiger partial charge in [-0.25, -0.2) is 19.0 Å². The number of carboxylic acid groups (broad SMARTS) is 1. The van der Waals surface area contributed by atoms with Crippen LogP contribution in [-0.2, 0) is 6.54 Å². The van der Waals surface area contributed by atoms with E-state index in [1.807, 2.05) is 36.4 Å². The summed E-state index contributed by atoms with van der Waals surface area (Å²) in [6.07, 6.45) is 3.37. The van der Waals surface area contributed by atoms with Gasteiger partial charge in [0.2, 0.25) is 5.88 Å². The lowest BCUT2D eigenvalue weighted by molar-refractivity contribution is 0.0697. The van der Waals surface area contributed by atoms with E-state index in [1.165, 1.54) is 24.3 Å². The number of aromatic nitrogens is 1. The lowest BCUT2D eigenvalue weighted by Crippen LogP contribution is -2.49. The minimum absolute atomic E-state index is 0.0144. The van der Waals surface area contributed by atoms with Gasteiger partial charge in [-0.3, -0.25) is 9.80 Å². The molecule has 40 heavy (non-hydrogen) atoms. The number of hydrogen-bond acceptors (Lipinski definition) is 5. The Morgan fingerprint density at radius 2 is 1.65 bits per heavy atom. The number of carbonyl (C=O) groups is 2. The summed E-state index contributed by atoms with van der Waals surface area (Å²) in [6.45, 7) is 2.35. The molecule has 2 N–H and O–H groups in total. The average Bonchev–Trinajstić information content (AvgIpc) is 2.97. The fourth-order valence-corrected chi connectivity index (χ4v) is 4.74. The molecule has 0 atom stereocenters. The van der Waals surface area contributed by atoms with Crippen molar-refractivity contribution in [3.8, 4) is 11.6 Å². The highest BCUT2D eigenvalue weighted by Crippen LogP contribution is 2.26. The third-order valence-corrected chi connectivity index (χ3v) is 6.80. The molecular weight excluding hydrogens is 511 g/mol. The highest BCUT2D eigenvalue weighted by molar-refractivity contribution is 6.02. The van der Waals surface area contributed by atoms with Crippen LogP contribution in [0.2, 0.25) is 0 Å². The van der Waals surface area contributed by atoms with Crippen LogP contribution in [0.1, 0.15) is 28.8 Å². The molecule has 9 heteroatoms. The zero-order chi connectivity index (χ0) is 27.9. The molecule has 1 aliphatic heterocycles. The number of likely N-dealkylation sites (tertiary alicyclic amines) is 1. The number of hydrogen-bond donors (Lipinski definition) is 2. The molecule has 1 aromatic heterocycles. The zero-order valence-corrected chi connectivity index (χ0v) is 21.7. The third kappa shape index (κ3) is 6.81. The lowest BCUT2D eigenvalue weighted by atomic mass is 10.0. The SMILES string of the molecule is O=C(O)c1ccc(Oc2ccc(CN3CCC(N(C(=O)Nc4ccc(F)cc4)c4ccccc4)CC3)cn2)cc1. The maximum Gasteiger partial charge on any atom is 0.335 e. The van der Waals surface area contributed by atoms with E-state index in [2.05, 4.69) is 15.2 Å². The molecule has 204 valence electrons. The second kappa shape index (κ2) is 12.4. The number of pyridine rings is 1. The molecule has 2 amide bonds. The lowest BCUT2D eigenvalue weighted by Gasteiger charge is -2.38. The maximum atomic E-state index is 13.3. The van der Waals surface area contributed by atoms with E-state index < -0.39 is 5.97 Å². The van der Waals surface area contributed by atoms with Crippen molar-refractivity contribution in [3.63, 3.8) is 0 Å². The maximum absolute atomic E-state index is 13.3. The first-order chi connectivity index (χ1) is 19.4. The summed E-state index contributed by atoms with van der Waals surface area (Å²) >= 11 is 0. The largest absolute Gasteiger partial charge is 0.478 e. The number of nitrogens with one attached hydrogen (secondary N) is 1. The van der Waals surface area contributed by atoms with Crippen LogP contribution in [-0.4, -0.2) is 46.1 Å². The number of piperidine rings is 1. The molecule has 1 saturated heterocycles. The van der Waals surface area contributed by atoms with Crippen molar-refractivity contribution < 1.29 is 23.8 Å². The first-order valence-electron chi connectivity index (χ1n) is 13.0. The predicted octanol–water partition coefficient (Wildman–Crippen LogP) is 6.41. The van der Waals surface area contributed by atoms with Gasteiger partial charge < -0.3 is 15.2 Å². The van der Waals surface area contributed by atoms with Crippen LogP contribution in [0, 0.1) is 5.82 Å². The Morgan fingerprint density at radius 1 is 0.950 bits per heavy atom. The van der Waals surface area contributed by atoms with Crippen molar-refractivity contribution >= 4 is 23.4 Å². The first kappa shape index (κ1) is 26.8. The number of aromatic carboxylic acids is 1. The molecule has 0 radical (unpaired) electrons. The van der Waals surface area contributed by atoms with E-state index in [4.69, 9.17) is 9.84 Å².